The first kappa shape index (κ1) is 20.8. The molecule has 0 aliphatic carbocycles. The molecule has 0 saturated carbocycles. The maximum Gasteiger partial charge on any atom is 0.181 e. The number of rotatable bonds is 2. The summed E-state index contributed by atoms with van der Waals surface area (Å²) in [6, 6.07) is 6.57. The minimum atomic E-state index is -0.652. The number of anilines is 2. The van der Waals surface area contributed by atoms with E-state index in [1.165, 1.54) is 18.3 Å². The number of nitriles is 1. The molecule has 162 valence electrons. The molecule has 6 nitrogen and oxygen atoms in total. The number of halogens is 3. The zero-order valence-electron chi connectivity index (χ0n) is 16.9. The van der Waals surface area contributed by atoms with Crippen molar-refractivity contribution < 1.29 is 8.78 Å². The van der Waals surface area contributed by atoms with Crippen LogP contribution in [0.2, 0.25) is 5.02 Å². The number of thiazole rings is 1. The molecule has 2 aromatic heterocycles. The van der Waals surface area contributed by atoms with Gasteiger partial charge in [0.2, 0.25) is 0 Å². The molecule has 3 heterocycles. The van der Waals surface area contributed by atoms with Crippen LogP contribution >= 0.6 is 22.9 Å². The predicted octanol–water partition coefficient (Wildman–Crippen LogP) is 4.70. The van der Waals surface area contributed by atoms with E-state index >= 15 is 4.39 Å². The molecule has 5 rings (SSSR count). The molecule has 1 fully saturated rings. The van der Waals surface area contributed by atoms with Crippen LogP contribution in [0.3, 0.4) is 0 Å². The molecule has 0 radical (unpaired) electrons. The van der Waals surface area contributed by atoms with Crippen LogP contribution < -0.4 is 16.0 Å². The fourth-order valence-corrected chi connectivity index (χ4v) is 5.31. The monoisotopic (exact) mass is 470 g/mol. The minimum absolute atomic E-state index is 0.0750. The van der Waals surface area contributed by atoms with E-state index in [0.717, 1.165) is 24.4 Å². The van der Waals surface area contributed by atoms with Gasteiger partial charge < -0.3 is 16.0 Å². The van der Waals surface area contributed by atoms with Crippen LogP contribution in [0, 0.1) is 23.0 Å². The van der Waals surface area contributed by atoms with Crippen LogP contribution in [-0.2, 0) is 0 Å². The molecule has 1 aliphatic heterocycles. The molecular weight excluding hydrogens is 454 g/mol. The SMILES string of the molecule is C[C@H]1CNCCN1c1c(C#N)cnc2c(F)c(-c3ccc(F)c4sc(N)nc34)c(Cl)cc12. The van der Waals surface area contributed by atoms with Gasteiger partial charge in [0, 0.05) is 48.4 Å². The van der Waals surface area contributed by atoms with E-state index in [1.807, 2.05) is 6.92 Å². The second kappa shape index (κ2) is 7.81. The van der Waals surface area contributed by atoms with E-state index in [2.05, 4.69) is 26.3 Å². The van der Waals surface area contributed by atoms with Gasteiger partial charge in [0.05, 0.1) is 26.5 Å². The molecule has 3 N–H and O–H groups in total. The first-order valence-corrected chi connectivity index (χ1v) is 11.1. The van der Waals surface area contributed by atoms with E-state index < -0.39 is 11.6 Å². The molecule has 10 heteroatoms. The Labute approximate surface area is 191 Å². The van der Waals surface area contributed by atoms with E-state index in [9.17, 15) is 9.65 Å². The Morgan fingerprint density at radius 2 is 2.16 bits per heavy atom. The first-order valence-electron chi connectivity index (χ1n) is 9.93. The molecule has 2 aromatic carbocycles. The highest BCUT2D eigenvalue weighted by Crippen LogP contribution is 2.43. The first-order chi connectivity index (χ1) is 15.4. The number of hydrogen-bond acceptors (Lipinski definition) is 7. The number of aromatic nitrogens is 2. The van der Waals surface area contributed by atoms with Crippen molar-refractivity contribution in [2.45, 2.75) is 13.0 Å². The number of hydrogen-bond donors (Lipinski definition) is 2. The third kappa shape index (κ3) is 3.14. The highest BCUT2D eigenvalue weighted by Gasteiger charge is 2.27. The van der Waals surface area contributed by atoms with Crippen molar-refractivity contribution in [3.8, 4) is 17.2 Å². The molecular formula is C22H17ClF2N6S. The second-order valence-corrected chi connectivity index (χ2v) is 9.08. The molecule has 0 spiro atoms. The van der Waals surface area contributed by atoms with Gasteiger partial charge in [0.25, 0.3) is 0 Å². The van der Waals surface area contributed by atoms with Crippen LogP contribution in [0.5, 0.6) is 0 Å². The van der Waals surface area contributed by atoms with Crippen molar-refractivity contribution in [1.29, 1.82) is 5.26 Å². The average Bonchev–Trinajstić information content (AvgIpc) is 3.17. The van der Waals surface area contributed by atoms with E-state index in [-0.39, 0.29) is 37.5 Å². The summed E-state index contributed by atoms with van der Waals surface area (Å²) in [4.78, 5) is 10.5. The highest BCUT2D eigenvalue weighted by atomic mass is 35.5. The maximum absolute atomic E-state index is 15.9. The van der Waals surface area contributed by atoms with Crippen molar-refractivity contribution in [2.24, 2.45) is 0 Å². The number of piperazine rings is 1. The number of nitrogen functional groups attached to an aromatic ring is 1. The lowest BCUT2D eigenvalue weighted by molar-refractivity contribution is 0.501. The summed E-state index contributed by atoms with van der Waals surface area (Å²) in [5.41, 5.74) is 7.49. The summed E-state index contributed by atoms with van der Waals surface area (Å²) in [7, 11) is 0. The Balaban J connectivity index is 1.81. The predicted molar refractivity (Wildman–Crippen MR) is 124 cm³/mol. The van der Waals surface area contributed by atoms with Gasteiger partial charge in [-0.05, 0) is 25.1 Å². The molecule has 1 aliphatic rings. The van der Waals surface area contributed by atoms with Gasteiger partial charge in [-0.25, -0.2) is 13.8 Å². The number of fused-ring (bicyclic) bond motifs is 2. The second-order valence-electron chi connectivity index (χ2n) is 7.65. The lowest BCUT2D eigenvalue weighted by Gasteiger charge is -2.37. The summed E-state index contributed by atoms with van der Waals surface area (Å²) in [6.45, 7) is 4.17. The smallest absolute Gasteiger partial charge is 0.181 e. The quantitative estimate of drug-likeness (QED) is 0.441. The molecule has 0 unspecified atom stereocenters. The van der Waals surface area contributed by atoms with Crippen molar-refractivity contribution in [3.63, 3.8) is 0 Å². The van der Waals surface area contributed by atoms with Crippen molar-refractivity contribution >= 4 is 54.9 Å². The lowest BCUT2D eigenvalue weighted by atomic mass is 9.98. The minimum Gasteiger partial charge on any atom is -0.375 e. The third-order valence-electron chi connectivity index (χ3n) is 5.72. The van der Waals surface area contributed by atoms with Gasteiger partial charge >= 0.3 is 0 Å². The van der Waals surface area contributed by atoms with Gasteiger partial charge in [0.1, 0.15) is 17.4 Å². The van der Waals surface area contributed by atoms with Crippen LogP contribution in [0.4, 0.5) is 19.6 Å². The Morgan fingerprint density at radius 1 is 1.34 bits per heavy atom. The Kier molecular flexibility index (Phi) is 5.08. The normalized spacial score (nSPS) is 16.6. The van der Waals surface area contributed by atoms with E-state index in [4.69, 9.17) is 17.3 Å². The highest BCUT2D eigenvalue weighted by molar-refractivity contribution is 7.22. The van der Waals surface area contributed by atoms with Gasteiger partial charge in [-0.2, -0.15) is 5.26 Å². The summed E-state index contributed by atoms with van der Waals surface area (Å²) < 4.78 is 30.4. The summed E-state index contributed by atoms with van der Waals surface area (Å²) in [5, 5.41) is 13.8. The van der Waals surface area contributed by atoms with Crippen LogP contribution in [-0.4, -0.2) is 35.6 Å². The van der Waals surface area contributed by atoms with Gasteiger partial charge in [-0.3, -0.25) is 4.98 Å². The number of nitrogens with one attached hydrogen (secondary N) is 1. The van der Waals surface area contributed by atoms with Crippen molar-refractivity contribution in [3.05, 3.63) is 46.6 Å². The topological polar surface area (TPSA) is 90.9 Å². The van der Waals surface area contributed by atoms with E-state index in [1.54, 1.807) is 6.07 Å². The molecule has 32 heavy (non-hydrogen) atoms. The summed E-state index contributed by atoms with van der Waals surface area (Å²) in [5.74, 6) is -1.14. The van der Waals surface area contributed by atoms with Gasteiger partial charge in [0.15, 0.2) is 10.9 Å². The number of pyridine rings is 1. The molecule has 1 saturated heterocycles. The summed E-state index contributed by atoms with van der Waals surface area (Å²) in [6.07, 6.45) is 1.38. The molecule has 0 amide bonds. The zero-order valence-corrected chi connectivity index (χ0v) is 18.5. The number of nitrogens with two attached hydrogens (primary N) is 1. The number of benzene rings is 2. The zero-order chi connectivity index (χ0) is 22.6. The van der Waals surface area contributed by atoms with Crippen LogP contribution in [0.15, 0.2) is 24.4 Å². The summed E-state index contributed by atoms with van der Waals surface area (Å²) >= 11 is 7.59. The lowest BCUT2D eigenvalue weighted by Crippen LogP contribution is -2.50. The Morgan fingerprint density at radius 3 is 2.91 bits per heavy atom. The van der Waals surface area contributed by atoms with Crippen molar-refractivity contribution in [2.75, 3.05) is 30.3 Å². The fourth-order valence-electron chi connectivity index (χ4n) is 4.26. The van der Waals surface area contributed by atoms with Crippen molar-refractivity contribution in [1.82, 2.24) is 15.3 Å². The Bertz CT molecular complexity index is 1430. The largest absolute Gasteiger partial charge is 0.375 e. The van der Waals surface area contributed by atoms with Crippen LogP contribution in [0.25, 0.3) is 32.2 Å². The molecule has 4 aromatic rings. The fraction of sp³-hybridized carbons (Fsp3) is 0.227. The maximum atomic E-state index is 15.9. The molecule has 0 bridgehead atoms. The number of nitrogens with zero attached hydrogens (tertiary/aromatic N) is 4. The van der Waals surface area contributed by atoms with Crippen LogP contribution in [0.1, 0.15) is 12.5 Å². The average molecular weight is 471 g/mol. The Hall–Kier alpha value is -3.06. The van der Waals surface area contributed by atoms with E-state index in [0.29, 0.717) is 28.7 Å². The van der Waals surface area contributed by atoms with Gasteiger partial charge in [-0.1, -0.05) is 22.9 Å². The molecule has 1 atom stereocenters. The van der Waals surface area contributed by atoms with Gasteiger partial charge in [-0.15, -0.1) is 0 Å². The standard InChI is InChI=1S/C22H17ClF2N6S/c1-10-8-28-4-5-31(10)20-11(7-26)9-29-18-13(20)6-14(23)16(17(18)25)12-2-3-15(24)21-19(12)30-22(27)32-21/h2-3,6,9-10,28H,4-5,8H2,1H3,(H2,27,30)/t10-/m0/s1. The third-order valence-corrected chi connectivity index (χ3v) is 6.91.